The number of benzene rings is 1. The third-order valence-electron chi connectivity index (χ3n) is 1.73. The van der Waals surface area contributed by atoms with Gasteiger partial charge in [-0.1, -0.05) is 24.3 Å². The maximum absolute atomic E-state index is 10.3. The minimum Gasteiger partial charge on any atom is -0.298 e. The number of alkyl halides is 1. The first-order valence-corrected chi connectivity index (χ1v) is 4.16. The van der Waals surface area contributed by atoms with Gasteiger partial charge in [0.05, 0.1) is 4.87 Å². The summed E-state index contributed by atoms with van der Waals surface area (Å²) in [6.07, 6.45) is 0.824. The summed E-state index contributed by atoms with van der Waals surface area (Å²) in [7, 11) is 0. The Morgan fingerprint density at radius 3 is 2.08 bits per heavy atom. The van der Waals surface area contributed by atoms with Crippen molar-refractivity contribution in [3.8, 4) is 0 Å². The predicted octanol–water partition coefficient (Wildman–Crippen LogP) is 2.97. The number of hydrogen-bond acceptors (Lipinski definition) is 1. The monoisotopic (exact) mass is 182 g/mol. The van der Waals surface area contributed by atoms with Crippen LogP contribution >= 0.6 is 11.6 Å². The van der Waals surface area contributed by atoms with E-state index in [1.54, 1.807) is 12.1 Å². The van der Waals surface area contributed by atoms with E-state index in [0.717, 1.165) is 11.8 Å². The van der Waals surface area contributed by atoms with Crippen molar-refractivity contribution in [3.63, 3.8) is 0 Å². The third kappa shape index (κ3) is 2.08. The Balaban J connectivity index is 3.00. The predicted molar refractivity (Wildman–Crippen MR) is 50.7 cm³/mol. The van der Waals surface area contributed by atoms with Gasteiger partial charge in [-0.05, 0) is 19.4 Å². The van der Waals surface area contributed by atoms with Crippen molar-refractivity contribution < 1.29 is 4.79 Å². The Labute approximate surface area is 77.4 Å². The molecule has 0 bridgehead atoms. The molecule has 2 heteroatoms. The van der Waals surface area contributed by atoms with Crippen molar-refractivity contribution in [2.45, 2.75) is 18.7 Å². The summed E-state index contributed by atoms with van der Waals surface area (Å²) in [4.78, 5) is 9.97. The summed E-state index contributed by atoms with van der Waals surface area (Å²) in [5.74, 6) is 0. The average Bonchev–Trinajstić information content (AvgIpc) is 2.03. The summed E-state index contributed by atoms with van der Waals surface area (Å²) >= 11 is 6.07. The number of aldehydes is 1. The molecule has 1 aromatic carbocycles. The zero-order valence-electron chi connectivity index (χ0n) is 7.17. The Kier molecular flexibility index (Phi) is 2.53. The van der Waals surface area contributed by atoms with E-state index in [-0.39, 0.29) is 4.87 Å². The largest absolute Gasteiger partial charge is 0.298 e. The van der Waals surface area contributed by atoms with Crippen LogP contribution in [0.15, 0.2) is 24.3 Å². The first kappa shape index (κ1) is 9.27. The van der Waals surface area contributed by atoms with Gasteiger partial charge in [0.15, 0.2) is 0 Å². The zero-order valence-corrected chi connectivity index (χ0v) is 7.93. The van der Waals surface area contributed by atoms with E-state index < -0.39 is 0 Å². The van der Waals surface area contributed by atoms with Gasteiger partial charge >= 0.3 is 0 Å². The Hall–Kier alpha value is -0.820. The molecule has 12 heavy (non-hydrogen) atoms. The van der Waals surface area contributed by atoms with E-state index in [4.69, 9.17) is 11.6 Å². The lowest BCUT2D eigenvalue weighted by Gasteiger charge is -2.15. The van der Waals surface area contributed by atoms with Crippen LogP contribution in [0.5, 0.6) is 0 Å². The highest BCUT2D eigenvalue weighted by Gasteiger charge is 2.15. The quantitative estimate of drug-likeness (QED) is 0.508. The fraction of sp³-hybridized carbons (Fsp3) is 0.300. The maximum atomic E-state index is 10.3. The van der Waals surface area contributed by atoms with E-state index in [0.29, 0.717) is 5.56 Å². The van der Waals surface area contributed by atoms with Gasteiger partial charge in [0.2, 0.25) is 0 Å². The Morgan fingerprint density at radius 2 is 1.75 bits per heavy atom. The maximum Gasteiger partial charge on any atom is 0.150 e. The smallest absolute Gasteiger partial charge is 0.150 e. The molecule has 1 rings (SSSR count). The minimum absolute atomic E-state index is 0.360. The van der Waals surface area contributed by atoms with Crippen molar-refractivity contribution in [2.75, 3.05) is 0 Å². The van der Waals surface area contributed by atoms with Crippen molar-refractivity contribution in [1.82, 2.24) is 0 Å². The number of carbonyl (C=O) groups is 1. The van der Waals surface area contributed by atoms with Crippen molar-refractivity contribution in [3.05, 3.63) is 35.4 Å². The molecule has 0 fully saturated rings. The molecule has 0 aliphatic rings. The molecule has 1 nitrogen and oxygen atoms in total. The molecule has 0 radical (unpaired) electrons. The molecule has 0 N–H and O–H groups in total. The molecule has 0 aliphatic carbocycles. The number of hydrogen-bond donors (Lipinski definition) is 0. The molecule has 0 saturated carbocycles. The van der Waals surface area contributed by atoms with Gasteiger partial charge in [0, 0.05) is 5.56 Å². The van der Waals surface area contributed by atoms with E-state index in [9.17, 15) is 4.79 Å². The average molecular weight is 183 g/mol. The van der Waals surface area contributed by atoms with Crippen LogP contribution in [0, 0.1) is 0 Å². The van der Waals surface area contributed by atoms with Crippen LogP contribution in [-0.4, -0.2) is 6.29 Å². The van der Waals surface area contributed by atoms with Crippen LogP contribution in [0.25, 0.3) is 0 Å². The van der Waals surface area contributed by atoms with Crippen LogP contribution in [0.3, 0.4) is 0 Å². The van der Waals surface area contributed by atoms with Crippen molar-refractivity contribution in [1.29, 1.82) is 0 Å². The molecule has 0 spiro atoms. The van der Waals surface area contributed by atoms with E-state index in [1.807, 2.05) is 26.0 Å². The SMILES string of the molecule is CC(C)(Cl)c1ccc(C=O)cc1. The topological polar surface area (TPSA) is 17.1 Å². The molecule has 1 aromatic rings. The van der Waals surface area contributed by atoms with Crippen LogP contribution in [0.1, 0.15) is 29.8 Å². The van der Waals surface area contributed by atoms with Gasteiger partial charge < -0.3 is 0 Å². The minimum atomic E-state index is -0.360. The second-order valence-corrected chi connectivity index (χ2v) is 4.16. The van der Waals surface area contributed by atoms with Crippen LogP contribution in [0.4, 0.5) is 0 Å². The normalized spacial score (nSPS) is 11.2. The lowest BCUT2D eigenvalue weighted by atomic mass is 10.0. The Bertz CT molecular complexity index is 269. The lowest BCUT2D eigenvalue weighted by Crippen LogP contribution is -2.06. The summed E-state index contributed by atoms with van der Waals surface area (Å²) in [6.45, 7) is 3.84. The standard InChI is InChI=1S/C10H11ClO/c1-10(2,11)9-5-3-8(7-12)4-6-9/h3-7H,1-2H3. The molecule has 0 amide bonds. The zero-order chi connectivity index (χ0) is 9.19. The van der Waals surface area contributed by atoms with Gasteiger partial charge in [0.25, 0.3) is 0 Å². The highest BCUT2D eigenvalue weighted by Crippen LogP contribution is 2.27. The molecule has 64 valence electrons. The molecule has 0 aromatic heterocycles. The van der Waals surface area contributed by atoms with E-state index in [2.05, 4.69) is 0 Å². The second kappa shape index (κ2) is 3.28. The highest BCUT2D eigenvalue weighted by molar-refractivity contribution is 6.23. The van der Waals surface area contributed by atoms with Crippen LogP contribution in [0.2, 0.25) is 0 Å². The van der Waals surface area contributed by atoms with Gasteiger partial charge in [-0.15, -0.1) is 11.6 Å². The first-order chi connectivity index (χ1) is 5.54. The first-order valence-electron chi connectivity index (χ1n) is 3.78. The van der Waals surface area contributed by atoms with Crippen molar-refractivity contribution >= 4 is 17.9 Å². The summed E-state index contributed by atoms with van der Waals surface area (Å²) < 4.78 is 0. The molecule has 0 atom stereocenters. The molecular weight excluding hydrogens is 172 g/mol. The summed E-state index contributed by atoms with van der Waals surface area (Å²) in [5.41, 5.74) is 1.70. The second-order valence-electron chi connectivity index (χ2n) is 3.21. The van der Waals surface area contributed by atoms with E-state index >= 15 is 0 Å². The number of rotatable bonds is 2. The molecule has 0 aliphatic heterocycles. The van der Waals surface area contributed by atoms with Gasteiger partial charge in [0.1, 0.15) is 6.29 Å². The van der Waals surface area contributed by atoms with E-state index in [1.165, 1.54) is 0 Å². The fourth-order valence-corrected chi connectivity index (χ4v) is 1.08. The van der Waals surface area contributed by atoms with Crippen LogP contribution in [-0.2, 0) is 4.87 Å². The van der Waals surface area contributed by atoms with Gasteiger partial charge in [-0.2, -0.15) is 0 Å². The third-order valence-corrected chi connectivity index (χ3v) is 1.95. The molecule has 0 heterocycles. The van der Waals surface area contributed by atoms with Crippen molar-refractivity contribution in [2.24, 2.45) is 0 Å². The highest BCUT2D eigenvalue weighted by atomic mass is 35.5. The fourth-order valence-electron chi connectivity index (χ4n) is 0.958. The molecule has 0 saturated heterocycles. The number of halogens is 1. The number of carbonyl (C=O) groups excluding carboxylic acids is 1. The van der Waals surface area contributed by atoms with Gasteiger partial charge in [-0.3, -0.25) is 4.79 Å². The molecule has 0 unspecified atom stereocenters. The van der Waals surface area contributed by atoms with Crippen LogP contribution < -0.4 is 0 Å². The summed E-state index contributed by atoms with van der Waals surface area (Å²) in [6, 6.07) is 7.28. The summed E-state index contributed by atoms with van der Waals surface area (Å²) in [5, 5.41) is 0. The van der Waals surface area contributed by atoms with Gasteiger partial charge in [-0.25, -0.2) is 0 Å². The molecular formula is C10H11ClO. The Morgan fingerprint density at radius 1 is 1.25 bits per heavy atom. The lowest BCUT2D eigenvalue weighted by molar-refractivity contribution is 0.112.